The summed E-state index contributed by atoms with van der Waals surface area (Å²) in [6, 6.07) is 79.2. The maximum atomic E-state index is 2.54. The highest BCUT2D eigenvalue weighted by atomic mass is 28.3. The Morgan fingerprint density at radius 1 is 0.265 bits per heavy atom. The van der Waals surface area contributed by atoms with Crippen LogP contribution in [-0.2, 0) is 10.8 Å². The molecule has 0 radical (unpaired) electrons. The average molecular weight is 907 g/mol. The predicted octanol–water partition coefficient (Wildman–Crippen LogP) is 15.3. The Labute approximate surface area is 405 Å². The van der Waals surface area contributed by atoms with E-state index in [-0.39, 0.29) is 10.8 Å². The third kappa shape index (κ3) is 6.37. The van der Waals surface area contributed by atoms with Crippen LogP contribution in [0.1, 0.15) is 49.9 Å². The monoisotopic (exact) mass is 906 g/mol. The highest BCUT2D eigenvalue weighted by Crippen LogP contribution is 2.50. The van der Waals surface area contributed by atoms with Crippen LogP contribution in [-0.4, -0.2) is 16.1 Å². The molecule has 330 valence electrons. The number of benzene rings is 10. The Bertz CT molecular complexity index is 3640. The van der Waals surface area contributed by atoms with Gasteiger partial charge in [0.15, 0.2) is 0 Å². The van der Waals surface area contributed by atoms with Crippen LogP contribution in [0.2, 0.25) is 26.2 Å². The largest absolute Gasteiger partial charge is 0.112 e. The van der Waals surface area contributed by atoms with E-state index >= 15 is 0 Å². The molecule has 0 saturated heterocycles. The third-order valence-electron chi connectivity index (χ3n) is 16.5. The van der Waals surface area contributed by atoms with Crippen LogP contribution in [0.25, 0.3) is 77.2 Å². The van der Waals surface area contributed by atoms with Gasteiger partial charge < -0.3 is 0 Å². The number of rotatable bonds is 7. The van der Waals surface area contributed by atoms with Crippen molar-refractivity contribution in [2.24, 2.45) is 0 Å². The molecule has 12 rings (SSSR count). The molecule has 10 aromatic rings. The molecule has 0 fully saturated rings. The van der Waals surface area contributed by atoms with Crippen molar-refractivity contribution in [1.82, 2.24) is 0 Å². The topological polar surface area (TPSA) is 0 Å². The summed E-state index contributed by atoms with van der Waals surface area (Å²) in [6.45, 7) is 19.6. The second-order valence-electron chi connectivity index (χ2n) is 21.7. The summed E-state index contributed by atoms with van der Waals surface area (Å²) in [5.74, 6) is 0. The fourth-order valence-corrected chi connectivity index (χ4v) is 16.9. The van der Waals surface area contributed by atoms with E-state index in [1.165, 1.54) is 120 Å². The number of fused-ring (bicyclic) bond motifs is 8. The highest BCUT2D eigenvalue weighted by Gasteiger charge is 2.39. The lowest BCUT2D eigenvalue weighted by molar-refractivity contribution is 0.660. The zero-order valence-corrected chi connectivity index (χ0v) is 42.6. The summed E-state index contributed by atoms with van der Waals surface area (Å²) in [5, 5.41) is 11.0. The Hall–Kier alpha value is -6.85. The van der Waals surface area contributed by atoms with Crippen LogP contribution in [0.15, 0.2) is 206 Å². The highest BCUT2D eigenvalue weighted by molar-refractivity contribution is 7.01. The lowest BCUT2D eigenvalue weighted by Gasteiger charge is -2.28. The van der Waals surface area contributed by atoms with E-state index in [9.17, 15) is 0 Å². The maximum absolute atomic E-state index is 2.54. The van der Waals surface area contributed by atoms with Crippen molar-refractivity contribution in [3.63, 3.8) is 0 Å². The van der Waals surface area contributed by atoms with Crippen molar-refractivity contribution in [2.45, 2.75) is 64.7 Å². The molecule has 0 N–H and O–H groups in total. The van der Waals surface area contributed by atoms with E-state index in [0.29, 0.717) is 0 Å². The van der Waals surface area contributed by atoms with Crippen molar-refractivity contribution in [2.75, 3.05) is 0 Å². The SMILES string of the molecule is CC1(C)c2ccccc2-c2ccc([Si](C)(C)c3ccc(-c4c5ccccc5c(-c5ccc([Si](C)(C)c6ccc7c(c6)C(C)(C)c6ccccc6-7)cc5)c5cc(-c6ccccc6)ccc45)cc3)cc21. The van der Waals surface area contributed by atoms with Crippen molar-refractivity contribution in [3.8, 4) is 55.6 Å². The minimum Gasteiger partial charge on any atom is -0.0622 e. The molecule has 10 aromatic carbocycles. The van der Waals surface area contributed by atoms with Crippen molar-refractivity contribution >= 4 is 58.4 Å². The molecule has 2 heteroatoms. The van der Waals surface area contributed by atoms with Crippen molar-refractivity contribution < 1.29 is 0 Å². The fourth-order valence-electron chi connectivity index (χ4n) is 12.2. The quantitative estimate of drug-likeness (QED) is 0.110. The second kappa shape index (κ2) is 15.3. The van der Waals surface area contributed by atoms with Gasteiger partial charge in [0.25, 0.3) is 0 Å². The van der Waals surface area contributed by atoms with Gasteiger partial charge in [-0.25, -0.2) is 0 Å². The molecule has 0 bridgehead atoms. The Morgan fingerprint density at radius 2 is 0.632 bits per heavy atom. The standard InChI is InChI=1S/C66H58Si2/c1-65(2)59-24-16-14-20-51(59)53-38-35-49(41-61(53)65)67(5,6)47-31-26-44(27-32-47)63-55-22-12-13-23-56(55)64(58-40-46(30-37-57(58)63)43-18-10-9-11-19-43)45-28-33-48(34-29-45)68(7,8)50-36-39-54-52-21-15-17-25-60(52)66(3,4)62(54)42-50/h9-42H,1-8H3. The van der Waals surface area contributed by atoms with E-state index in [1.807, 2.05) is 0 Å². The molecule has 0 aromatic heterocycles. The minimum absolute atomic E-state index is 0.0145. The first kappa shape index (κ1) is 42.5. The first-order valence-electron chi connectivity index (χ1n) is 24.5. The molecule has 0 heterocycles. The van der Waals surface area contributed by atoms with Gasteiger partial charge in [-0.05, 0) is 105 Å². The Morgan fingerprint density at radius 3 is 1.12 bits per heavy atom. The van der Waals surface area contributed by atoms with E-state index in [0.717, 1.165) is 0 Å². The van der Waals surface area contributed by atoms with E-state index in [4.69, 9.17) is 0 Å². The van der Waals surface area contributed by atoms with Crippen LogP contribution in [0.4, 0.5) is 0 Å². The number of hydrogen-bond acceptors (Lipinski definition) is 0. The van der Waals surface area contributed by atoms with E-state index < -0.39 is 16.1 Å². The molecule has 0 atom stereocenters. The third-order valence-corrected chi connectivity index (χ3v) is 23.6. The van der Waals surface area contributed by atoms with Crippen molar-refractivity contribution in [3.05, 3.63) is 229 Å². The summed E-state index contributed by atoms with van der Waals surface area (Å²) >= 11 is 0. The maximum Gasteiger partial charge on any atom is 0.112 e. The van der Waals surface area contributed by atoms with Crippen LogP contribution >= 0.6 is 0 Å². The first-order valence-corrected chi connectivity index (χ1v) is 30.5. The van der Waals surface area contributed by atoms with Crippen LogP contribution in [0.3, 0.4) is 0 Å². The normalized spacial score (nSPS) is 14.4. The summed E-state index contributed by atoms with van der Waals surface area (Å²) in [7, 11) is -4.12. The van der Waals surface area contributed by atoms with Crippen molar-refractivity contribution in [1.29, 1.82) is 0 Å². The van der Waals surface area contributed by atoms with Crippen LogP contribution in [0.5, 0.6) is 0 Å². The molecule has 2 aliphatic rings. The summed E-state index contributed by atoms with van der Waals surface area (Å²) in [5.41, 5.74) is 18.9. The molecule has 68 heavy (non-hydrogen) atoms. The lowest BCUT2D eigenvalue weighted by Crippen LogP contribution is -2.53. The van der Waals surface area contributed by atoms with E-state index in [1.54, 1.807) is 0 Å². The fraction of sp³-hybridized carbons (Fsp3) is 0.152. The number of hydrogen-bond donors (Lipinski definition) is 0. The lowest BCUT2D eigenvalue weighted by atomic mass is 9.82. The van der Waals surface area contributed by atoms with Gasteiger partial charge >= 0.3 is 0 Å². The second-order valence-corrected chi connectivity index (χ2v) is 30.5. The Kier molecular flexibility index (Phi) is 9.59. The zero-order chi connectivity index (χ0) is 46.7. The molecule has 0 amide bonds. The zero-order valence-electron chi connectivity index (χ0n) is 40.6. The molecular formula is C66H58Si2. The van der Waals surface area contributed by atoms with Gasteiger partial charge in [-0.1, -0.05) is 275 Å². The van der Waals surface area contributed by atoms with Gasteiger partial charge in [0.1, 0.15) is 16.1 Å². The molecule has 0 aliphatic heterocycles. The molecule has 2 aliphatic carbocycles. The van der Waals surface area contributed by atoms with Gasteiger partial charge in [-0.3, -0.25) is 0 Å². The van der Waals surface area contributed by atoms with Gasteiger partial charge in [-0.15, -0.1) is 0 Å². The summed E-state index contributed by atoms with van der Waals surface area (Å²) < 4.78 is 0. The molecule has 0 unspecified atom stereocenters. The summed E-state index contributed by atoms with van der Waals surface area (Å²) in [6.07, 6.45) is 0. The Balaban J connectivity index is 0.954. The molecular weight excluding hydrogens is 849 g/mol. The van der Waals surface area contributed by atoms with Gasteiger partial charge in [0.2, 0.25) is 0 Å². The summed E-state index contributed by atoms with van der Waals surface area (Å²) in [4.78, 5) is 0. The van der Waals surface area contributed by atoms with Gasteiger partial charge in [-0.2, -0.15) is 0 Å². The minimum atomic E-state index is -2.06. The van der Waals surface area contributed by atoms with Crippen LogP contribution in [0, 0.1) is 0 Å². The first-order chi connectivity index (χ1) is 32.7. The molecule has 0 spiro atoms. The van der Waals surface area contributed by atoms with E-state index in [2.05, 4.69) is 260 Å². The van der Waals surface area contributed by atoms with Gasteiger partial charge in [0, 0.05) is 10.8 Å². The van der Waals surface area contributed by atoms with Gasteiger partial charge in [0.05, 0.1) is 0 Å². The van der Waals surface area contributed by atoms with Crippen LogP contribution < -0.4 is 20.7 Å². The predicted molar refractivity (Wildman–Crippen MR) is 299 cm³/mol. The smallest absolute Gasteiger partial charge is 0.0622 e. The molecule has 0 nitrogen and oxygen atoms in total. The molecule has 0 saturated carbocycles. The average Bonchev–Trinajstić information content (AvgIpc) is 3.74.